The maximum atomic E-state index is 12.9. The summed E-state index contributed by atoms with van der Waals surface area (Å²) in [4.78, 5) is 30.0. The summed E-state index contributed by atoms with van der Waals surface area (Å²) >= 11 is 0. The molecule has 3 rings (SSSR count). The number of amides is 1. The monoisotopic (exact) mass is 342 g/mol. The lowest BCUT2D eigenvalue weighted by Gasteiger charge is -2.23. The van der Waals surface area contributed by atoms with Gasteiger partial charge in [0.25, 0.3) is 5.91 Å². The van der Waals surface area contributed by atoms with E-state index in [2.05, 4.69) is 24.4 Å². The van der Waals surface area contributed by atoms with Crippen LogP contribution in [0.1, 0.15) is 34.0 Å². The van der Waals surface area contributed by atoms with Crippen LogP contribution in [0, 0.1) is 13.8 Å². The zero-order valence-electron chi connectivity index (χ0n) is 15.3. The molecular formula is C18H26N6O. The molecule has 1 fully saturated rings. The molecule has 134 valence electrons. The van der Waals surface area contributed by atoms with Crippen LogP contribution in [0.15, 0.2) is 18.7 Å². The van der Waals surface area contributed by atoms with E-state index in [1.165, 1.54) is 6.33 Å². The van der Waals surface area contributed by atoms with E-state index < -0.39 is 0 Å². The van der Waals surface area contributed by atoms with E-state index in [1.54, 1.807) is 0 Å². The summed E-state index contributed by atoms with van der Waals surface area (Å²) in [6, 6.07) is 0. The van der Waals surface area contributed by atoms with Crippen molar-refractivity contribution in [1.82, 2.24) is 29.3 Å². The standard InChI is InChI=1S/C18H26N6O/c1-14-17(15(2)21-13-20-14)18(25)24-8-4-7-23(11-12-24)9-5-16-19-6-10-22(16)3/h6,10,13H,4-5,7-9,11-12H2,1-3H3. The molecule has 0 bridgehead atoms. The van der Waals surface area contributed by atoms with E-state index in [4.69, 9.17) is 0 Å². The fourth-order valence-corrected chi connectivity index (χ4v) is 3.35. The van der Waals surface area contributed by atoms with Crippen LogP contribution in [-0.4, -0.2) is 67.9 Å². The summed E-state index contributed by atoms with van der Waals surface area (Å²) in [7, 11) is 2.03. The summed E-state index contributed by atoms with van der Waals surface area (Å²) in [6.07, 6.45) is 7.25. The van der Waals surface area contributed by atoms with E-state index in [0.29, 0.717) is 5.56 Å². The Hall–Kier alpha value is -2.28. The second-order valence-corrected chi connectivity index (χ2v) is 6.61. The average Bonchev–Trinajstić information content (AvgIpc) is 2.85. The highest BCUT2D eigenvalue weighted by atomic mass is 16.2. The minimum absolute atomic E-state index is 0.0570. The minimum Gasteiger partial charge on any atom is -0.338 e. The molecule has 1 aliphatic rings. The van der Waals surface area contributed by atoms with Crippen LogP contribution in [-0.2, 0) is 13.5 Å². The molecule has 2 aromatic heterocycles. The van der Waals surface area contributed by atoms with Gasteiger partial charge in [0, 0.05) is 52.0 Å². The first-order valence-corrected chi connectivity index (χ1v) is 8.82. The fraction of sp³-hybridized carbons (Fsp3) is 0.556. The summed E-state index contributed by atoms with van der Waals surface area (Å²) in [5.41, 5.74) is 2.17. The summed E-state index contributed by atoms with van der Waals surface area (Å²) in [5.74, 6) is 1.16. The Morgan fingerprint density at radius 1 is 1.08 bits per heavy atom. The van der Waals surface area contributed by atoms with Crippen molar-refractivity contribution in [1.29, 1.82) is 0 Å². The summed E-state index contributed by atoms with van der Waals surface area (Å²) in [6.45, 7) is 8.15. The number of rotatable bonds is 4. The molecule has 0 aromatic carbocycles. The van der Waals surface area contributed by atoms with Crippen molar-refractivity contribution in [3.63, 3.8) is 0 Å². The number of aryl methyl sites for hydroxylation is 3. The van der Waals surface area contributed by atoms with Crippen molar-refractivity contribution in [2.24, 2.45) is 7.05 Å². The van der Waals surface area contributed by atoms with Gasteiger partial charge in [-0.2, -0.15) is 0 Å². The van der Waals surface area contributed by atoms with Gasteiger partial charge < -0.3 is 14.4 Å². The fourth-order valence-electron chi connectivity index (χ4n) is 3.35. The van der Waals surface area contributed by atoms with Crippen LogP contribution >= 0.6 is 0 Å². The van der Waals surface area contributed by atoms with Gasteiger partial charge in [0.1, 0.15) is 12.2 Å². The second kappa shape index (κ2) is 7.74. The third-order valence-corrected chi connectivity index (χ3v) is 4.89. The number of imidazole rings is 1. The molecule has 2 aromatic rings. The highest BCUT2D eigenvalue weighted by Gasteiger charge is 2.23. The smallest absolute Gasteiger partial charge is 0.257 e. The van der Waals surface area contributed by atoms with Crippen molar-refractivity contribution >= 4 is 5.91 Å². The lowest BCUT2D eigenvalue weighted by molar-refractivity contribution is 0.0759. The molecule has 0 N–H and O–H groups in total. The third-order valence-electron chi connectivity index (χ3n) is 4.89. The van der Waals surface area contributed by atoms with Crippen molar-refractivity contribution in [3.8, 4) is 0 Å². The van der Waals surface area contributed by atoms with Gasteiger partial charge in [-0.05, 0) is 26.8 Å². The Labute approximate surface area is 148 Å². The number of aromatic nitrogens is 4. The van der Waals surface area contributed by atoms with Gasteiger partial charge in [0.2, 0.25) is 0 Å². The molecule has 25 heavy (non-hydrogen) atoms. The Morgan fingerprint density at radius 3 is 2.52 bits per heavy atom. The van der Waals surface area contributed by atoms with Gasteiger partial charge in [-0.3, -0.25) is 4.79 Å². The number of hydrogen-bond acceptors (Lipinski definition) is 5. The SMILES string of the molecule is Cc1ncnc(C)c1C(=O)N1CCCN(CCc2nccn2C)CC1. The van der Waals surface area contributed by atoms with Crippen LogP contribution in [0.4, 0.5) is 0 Å². The van der Waals surface area contributed by atoms with Gasteiger partial charge in [0.15, 0.2) is 0 Å². The first-order valence-electron chi connectivity index (χ1n) is 8.82. The molecule has 7 nitrogen and oxygen atoms in total. The molecular weight excluding hydrogens is 316 g/mol. The maximum Gasteiger partial charge on any atom is 0.257 e. The molecule has 3 heterocycles. The first-order chi connectivity index (χ1) is 12.1. The average molecular weight is 342 g/mol. The number of hydrogen-bond donors (Lipinski definition) is 0. The normalized spacial score (nSPS) is 16.0. The van der Waals surface area contributed by atoms with Crippen LogP contribution in [0.5, 0.6) is 0 Å². The third kappa shape index (κ3) is 4.04. The van der Waals surface area contributed by atoms with E-state index in [0.717, 1.165) is 62.8 Å². The van der Waals surface area contributed by atoms with E-state index in [9.17, 15) is 4.79 Å². The minimum atomic E-state index is 0.0570. The van der Waals surface area contributed by atoms with Crippen molar-refractivity contribution in [2.75, 3.05) is 32.7 Å². The van der Waals surface area contributed by atoms with E-state index in [-0.39, 0.29) is 5.91 Å². The van der Waals surface area contributed by atoms with Crippen LogP contribution in [0.2, 0.25) is 0 Å². The predicted octanol–water partition coefficient (Wildman–Crippen LogP) is 1.22. The molecule has 0 unspecified atom stereocenters. The lowest BCUT2D eigenvalue weighted by atomic mass is 10.1. The Balaban J connectivity index is 1.59. The van der Waals surface area contributed by atoms with Gasteiger partial charge in [0.05, 0.1) is 17.0 Å². The van der Waals surface area contributed by atoms with Crippen LogP contribution in [0.3, 0.4) is 0 Å². The quantitative estimate of drug-likeness (QED) is 0.836. The Kier molecular flexibility index (Phi) is 5.43. The molecule has 7 heteroatoms. The second-order valence-electron chi connectivity index (χ2n) is 6.61. The molecule has 1 amide bonds. The van der Waals surface area contributed by atoms with Gasteiger partial charge in [-0.1, -0.05) is 0 Å². The number of carbonyl (C=O) groups is 1. The van der Waals surface area contributed by atoms with Crippen molar-refractivity contribution < 1.29 is 4.79 Å². The number of nitrogens with zero attached hydrogens (tertiary/aromatic N) is 6. The molecule has 0 radical (unpaired) electrons. The topological polar surface area (TPSA) is 67.2 Å². The van der Waals surface area contributed by atoms with Crippen LogP contribution < -0.4 is 0 Å². The lowest BCUT2D eigenvalue weighted by Crippen LogP contribution is -2.36. The highest BCUT2D eigenvalue weighted by Crippen LogP contribution is 2.14. The zero-order valence-corrected chi connectivity index (χ0v) is 15.3. The largest absolute Gasteiger partial charge is 0.338 e. The maximum absolute atomic E-state index is 12.9. The Bertz CT molecular complexity index is 721. The van der Waals surface area contributed by atoms with Gasteiger partial charge in [-0.15, -0.1) is 0 Å². The molecule has 1 saturated heterocycles. The highest BCUT2D eigenvalue weighted by molar-refractivity contribution is 5.96. The van der Waals surface area contributed by atoms with Crippen molar-refractivity contribution in [3.05, 3.63) is 41.5 Å². The summed E-state index contributed by atoms with van der Waals surface area (Å²) < 4.78 is 2.06. The van der Waals surface area contributed by atoms with Gasteiger partial charge in [-0.25, -0.2) is 15.0 Å². The molecule has 0 spiro atoms. The van der Waals surface area contributed by atoms with E-state index in [1.807, 2.05) is 38.2 Å². The van der Waals surface area contributed by atoms with Crippen LogP contribution in [0.25, 0.3) is 0 Å². The summed E-state index contributed by atoms with van der Waals surface area (Å²) in [5, 5.41) is 0. The van der Waals surface area contributed by atoms with E-state index >= 15 is 0 Å². The predicted molar refractivity (Wildman–Crippen MR) is 95.4 cm³/mol. The van der Waals surface area contributed by atoms with Gasteiger partial charge >= 0.3 is 0 Å². The molecule has 0 atom stereocenters. The molecule has 0 aliphatic carbocycles. The number of carbonyl (C=O) groups excluding carboxylic acids is 1. The zero-order chi connectivity index (χ0) is 17.8. The molecule has 1 aliphatic heterocycles. The molecule has 0 saturated carbocycles. The van der Waals surface area contributed by atoms with Crippen molar-refractivity contribution in [2.45, 2.75) is 26.7 Å². The first kappa shape index (κ1) is 17.5. The Morgan fingerprint density at radius 2 is 1.84 bits per heavy atom.